The van der Waals surface area contributed by atoms with Gasteiger partial charge in [0.1, 0.15) is 40.9 Å². The fourth-order valence-corrected chi connectivity index (χ4v) is 2.02. The molecule has 0 bridgehead atoms. The number of carbonyl (C=O) groups is 1. The van der Waals surface area contributed by atoms with Crippen molar-refractivity contribution in [1.82, 2.24) is 0 Å². The van der Waals surface area contributed by atoms with E-state index in [-0.39, 0.29) is 24.2 Å². The van der Waals surface area contributed by atoms with E-state index < -0.39 is 23.2 Å². The number of nitrogens with zero attached hydrogens (tertiary/aromatic N) is 1. The number of hydrogen-bond donors (Lipinski definition) is 0. The summed E-state index contributed by atoms with van der Waals surface area (Å²) in [6.07, 6.45) is 0.146. The summed E-state index contributed by atoms with van der Waals surface area (Å²) in [4.78, 5) is 12.0. The Kier molecular flexibility index (Phi) is 5.41. The van der Waals surface area contributed by atoms with Crippen LogP contribution >= 0.6 is 0 Å². The third-order valence-corrected chi connectivity index (χ3v) is 3.44. The van der Waals surface area contributed by atoms with Gasteiger partial charge < -0.3 is 18.9 Å². The summed E-state index contributed by atoms with van der Waals surface area (Å²) >= 11 is 0. The molecule has 0 aromatic heterocycles. The zero-order valence-electron chi connectivity index (χ0n) is 13.4. The number of nitriles is 1. The van der Waals surface area contributed by atoms with Gasteiger partial charge in [0.2, 0.25) is 0 Å². The van der Waals surface area contributed by atoms with E-state index >= 15 is 0 Å². The lowest BCUT2D eigenvalue weighted by Gasteiger charge is -2.08. The fourth-order valence-electron chi connectivity index (χ4n) is 2.02. The van der Waals surface area contributed by atoms with Crippen LogP contribution in [0.15, 0.2) is 36.4 Å². The molecule has 2 aromatic carbocycles. The molecule has 1 atom stereocenters. The van der Waals surface area contributed by atoms with Crippen molar-refractivity contribution in [3.63, 3.8) is 0 Å². The first-order valence-corrected chi connectivity index (χ1v) is 7.60. The normalized spacial score (nSPS) is 15.2. The molecule has 6 nitrogen and oxygen atoms in total. The van der Waals surface area contributed by atoms with Crippen molar-refractivity contribution >= 4 is 5.97 Å². The molecule has 134 valence electrons. The molecular formula is C18H13F2NO5. The molecule has 8 heteroatoms. The van der Waals surface area contributed by atoms with Crippen molar-refractivity contribution < 1.29 is 32.5 Å². The van der Waals surface area contributed by atoms with E-state index in [0.29, 0.717) is 19.0 Å². The first-order chi connectivity index (χ1) is 12.6. The molecule has 0 amide bonds. The Morgan fingerprint density at radius 3 is 2.42 bits per heavy atom. The number of rotatable bonds is 7. The van der Waals surface area contributed by atoms with Crippen LogP contribution in [0, 0.1) is 23.0 Å². The van der Waals surface area contributed by atoms with Crippen LogP contribution < -0.4 is 9.47 Å². The standard InChI is InChI=1S/C18H13F2NO5/c19-16-5-13(6-17(20)15(16)7-21)26-18(22)11-1-3-12(4-2-11)25-10-23-8-14-9-24-14/h1-6,14H,8-10H2. The van der Waals surface area contributed by atoms with Gasteiger partial charge in [0.25, 0.3) is 0 Å². The molecule has 2 aromatic rings. The molecule has 3 rings (SSSR count). The predicted octanol–water partition coefficient (Wildman–Crippen LogP) is 2.81. The van der Waals surface area contributed by atoms with Gasteiger partial charge in [0.05, 0.1) is 18.8 Å². The summed E-state index contributed by atoms with van der Waals surface area (Å²) in [6, 6.07) is 8.90. The second kappa shape index (κ2) is 7.91. The number of ether oxygens (including phenoxy) is 4. The molecule has 0 N–H and O–H groups in total. The van der Waals surface area contributed by atoms with Gasteiger partial charge in [0, 0.05) is 12.1 Å². The minimum absolute atomic E-state index is 0.0491. The Balaban J connectivity index is 1.56. The number of esters is 1. The molecule has 0 spiro atoms. The van der Waals surface area contributed by atoms with E-state index in [0.717, 1.165) is 12.1 Å². The van der Waals surface area contributed by atoms with Crippen LogP contribution in [0.4, 0.5) is 8.78 Å². The van der Waals surface area contributed by atoms with Crippen molar-refractivity contribution in [3.8, 4) is 17.6 Å². The number of epoxide rings is 1. The maximum absolute atomic E-state index is 13.5. The van der Waals surface area contributed by atoms with E-state index in [1.807, 2.05) is 0 Å². The second-order valence-corrected chi connectivity index (χ2v) is 5.38. The van der Waals surface area contributed by atoms with Gasteiger partial charge in [-0.3, -0.25) is 0 Å². The monoisotopic (exact) mass is 361 g/mol. The highest BCUT2D eigenvalue weighted by atomic mass is 19.1. The van der Waals surface area contributed by atoms with E-state index in [1.165, 1.54) is 30.3 Å². The number of carbonyl (C=O) groups excluding carboxylic acids is 1. The van der Waals surface area contributed by atoms with E-state index in [1.54, 1.807) is 0 Å². The Morgan fingerprint density at radius 1 is 1.19 bits per heavy atom. The van der Waals surface area contributed by atoms with Crippen molar-refractivity contribution in [2.24, 2.45) is 0 Å². The minimum Gasteiger partial charge on any atom is -0.468 e. The lowest BCUT2D eigenvalue weighted by atomic mass is 10.2. The van der Waals surface area contributed by atoms with Gasteiger partial charge in [-0.2, -0.15) is 5.26 Å². The highest BCUT2D eigenvalue weighted by Gasteiger charge is 2.22. The van der Waals surface area contributed by atoms with Crippen molar-refractivity contribution in [2.45, 2.75) is 6.10 Å². The SMILES string of the molecule is N#Cc1c(F)cc(OC(=O)c2ccc(OCOCC3CO3)cc2)cc1F. The second-order valence-electron chi connectivity index (χ2n) is 5.38. The van der Waals surface area contributed by atoms with Gasteiger partial charge in [-0.1, -0.05) is 0 Å². The Morgan fingerprint density at radius 2 is 1.85 bits per heavy atom. The van der Waals surface area contributed by atoms with Gasteiger partial charge in [-0.05, 0) is 24.3 Å². The third kappa shape index (κ3) is 4.53. The first kappa shape index (κ1) is 17.8. The van der Waals surface area contributed by atoms with Crippen LogP contribution in [0.25, 0.3) is 0 Å². The molecule has 1 heterocycles. The maximum atomic E-state index is 13.5. The average Bonchev–Trinajstić information content (AvgIpc) is 3.43. The molecule has 0 radical (unpaired) electrons. The largest absolute Gasteiger partial charge is 0.468 e. The summed E-state index contributed by atoms with van der Waals surface area (Å²) < 4.78 is 47.5. The fraction of sp³-hybridized carbons (Fsp3) is 0.222. The van der Waals surface area contributed by atoms with Crippen molar-refractivity contribution in [1.29, 1.82) is 5.26 Å². The highest BCUT2D eigenvalue weighted by Crippen LogP contribution is 2.21. The van der Waals surface area contributed by atoms with Crippen LogP contribution in [0.5, 0.6) is 11.5 Å². The van der Waals surface area contributed by atoms with E-state index in [9.17, 15) is 13.6 Å². The maximum Gasteiger partial charge on any atom is 0.343 e. The highest BCUT2D eigenvalue weighted by molar-refractivity contribution is 5.91. The molecular weight excluding hydrogens is 348 g/mol. The number of benzene rings is 2. The zero-order valence-corrected chi connectivity index (χ0v) is 13.4. The van der Waals surface area contributed by atoms with Crippen LogP contribution in [0.3, 0.4) is 0 Å². The third-order valence-electron chi connectivity index (χ3n) is 3.44. The molecule has 1 aliphatic heterocycles. The van der Waals surface area contributed by atoms with Crippen LogP contribution in [0.2, 0.25) is 0 Å². The summed E-state index contributed by atoms with van der Waals surface area (Å²) in [5.74, 6) is -2.86. The summed E-state index contributed by atoms with van der Waals surface area (Å²) in [7, 11) is 0. The molecule has 1 saturated heterocycles. The van der Waals surface area contributed by atoms with E-state index in [2.05, 4.69) is 0 Å². The van der Waals surface area contributed by atoms with Crippen molar-refractivity contribution in [2.75, 3.05) is 20.0 Å². The number of hydrogen-bond acceptors (Lipinski definition) is 6. The van der Waals surface area contributed by atoms with Gasteiger partial charge in [-0.25, -0.2) is 13.6 Å². The van der Waals surface area contributed by atoms with Crippen LogP contribution in [-0.4, -0.2) is 32.1 Å². The average molecular weight is 361 g/mol. The topological polar surface area (TPSA) is 81.1 Å². The van der Waals surface area contributed by atoms with Gasteiger partial charge in [0.15, 0.2) is 6.79 Å². The lowest BCUT2D eigenvalue weighted by Crippen LogP contribution is -2.10. The lowest BCUT2D eigenvalue weighted by molar-refractivity contribution is 0.00821. The Bertz CT molecular complexity index is 821. The van der Waals surface area contributed by atoms with Crippen LogP contribution in [0.1, 0.15) is 15.9 Å². The molecule has 0 saturated carbocycles. The number of halogens is 2. The molecule has 1 fully saturated rings. The summed E-state index contributed by atoms with van der Waals surface area (Å²) in [6.45, 7) is 1.21. The van der Waals surface area contributed by atoms with Gasteiger partial charge in [-0.15, -0.1) is 0 Å². The Labute approximate surface area is 147 Å². The minimum atomic E-state index is -1.10. The van der Waals surface area contributed by atoms with Gasteiger partial charge >= 0.3 is 5.97 Å². The molecule has 0 aliphatic carbocycles. The quantitative estimate of drug-likeness (QED) is 0.248. The first-order valence-electron chi connectivity index (χ1n) is 7.60. The zero-order chi connectivity index (χ0) is 18.5. The van der Waals surface area contributed by atoms with Crippen LogP contribution in [-0.2, 0) is 9.47 Å². The Hall–Kier alpha value is -3.02. The smallest absolute Gasteiger partial charge is 0.343 e. The van der Waals surface area contributed by atoms with E-state index in [4.69, 9.17) is 24.2 Å². The summed E-state index contributed by atoms with van der Waals surface area (Å²) in [5, 5.41) is 8.62. The summed E-state index contributed by atoms with van der Waals surface area (Å²) in [5.41, 5.74) is -0.573. The molecule has 1 aliphatic rings. The molecule has 26 heavy (non-hydrogen) atoms. The predicted molar refractivity (Wildman–Crippen MR) is 83.7 cm³/mol. The van der Waals surface area contributed by atoms with Crippen molar-refractivity contribution in [3.05, 3.63) is 59.2 Å². The molecule has 1 unspecified atom stereocenters.